The molecule has 0 rings (SSSR count). The Balaban J connectivity index is 4.71. The van der Waals surface area contributed by atoms with Crippen molar-refractivity contribution < 1.29 is 9.90 Å². The van der Waals surface area contributed by atoms with Crippen molar-refractivity contribution >= 4 is 5.97 Å². The lowest BCUT2D eigenvalue weighted by atomic mass is 10.2. The molecule has 0 aromatic rings. The van der Waals surface area contributed by atoms with Gasteiger partial charge in [0.05, 0.1) is 6.57 Å². The molecule has 0 saturated heterocycles. The second-order valence-corrected chi connectivity index (χ2v) is 1.98. The summed E-state index contributed by atoms with van der Waals surface area (Å²) in [5.74, 6) is -1.04. The molecule has 0 fully saturated rings. The average Bonchev–Trinajstić information content (AvgIpc) is 1.98. The molecule has 11 heavy (non-hydrogen) atoms. The van der Waals surface area contributed by atoms with Gasteiger partial charge in [-0.15, -0.1) is 6.58 Å². The second-order valence-electron chi connectivity index (χ2n) is 1.98. The molecule has 0 aliphatic carbocycles. The van der Waals surface area contributed by atoms with Crippen molar-refractivity contribution in [1.82, 2.24) is 0 Å². The maximum absolute atomic E-state index is 10.3. The van der Waals surface area contributed by atoms with Crippen LogP contribution in [-0.2, 0) is 4.79 Å². The van der Waals surface area contributed by atoms with Crippen LogP contribution < -0.4 is 0 Å². The number of hydrogen-bond acceptors (Lipinski definition) is 1. The Morgan fingerprint density at radius 2 is 2.36 bits per heavy atom. The normalized spacial score (nSPS) is 11.3. The van der Waals surface area contributed by atoms with Gasteiger partial charge in [-0.2, -0.15) is 0 Å². The molecule has 0 aromatic heterocycles. The van der Waals surface area contributed by atoms with Gasteiger partial charge in [-0.25, -0.2) is 9.64 Å². The summed E-state index contributed by atoms with van der Waals surface area (Å²) in [5, 5.41) is 8.47. The molecule has 0 unspecified atom stereocenters. The average molecular weight is 151 g/mol. The largest absolute Gasteiger partial charge is 0.479 e. The lowest BCUT2D eigenvalue weighted by Gasteiger charge is -1.95. The molecule has 3 nitrogen and oxygen atoms in total. The summed E-state index contributed by atoms with van der Waals surface area (Å²) in [6.45, 7) is 11.5. The second kappa shape index (κ2) is 4.29. The highest BCUT2D eigenvalue weighted by atomic mass is 16.4. The molecule has 0 aliphatic heterocycles. The smallest absolute Gasteiger partial charge is 0.320 e. The van der Waals surface area contributed by atoms with Gasteiger partial charge in [0.25, 0.3) is 0 Å². The van der Waals surface area contributed by atoms with Crippen LogP contribution in [0, 0.1) is 6.57 Å². The van der Waals surface area contributed by atoms with E-state index in [0.29, 0.717) is 6.42 Å². The van der Waals surface area contributed by atoms with Gasteiger partial charge >= 0.3 is 5.97 Å². The first-order valence-electron chi connectivity index (χ1n) is 3.04. The van der Waals surface area contributed by atoms with E-state index in [1.807, 2.05) is 0 Å². The Morgan fingerprint density at radius 3 is 2.64 bits per heavy atom. The van der Waals surface area contributed by atoms with Crippen LogP contribution in [0.3, 0.4) is 0 Å². The van der Waals surface area contributed by atoms with E-state index in [-0.39, 0.29) is 11.3 Å². The zero-order chi connectivity index (χ0) is 8.85. The van der Waals surface area contributed by atoms with Gasteiger partial charge in [0.15, 0.2) is 5.70 Å². The fourth-order valence-electron chi connectivity index (χ4n) is 0.543. The lowest BCUT2D eigenvalue weighted by molar-refractivity contribution is -0.132. The van der Waals surface area contributed by atoms with Crippen LogP contribution in [-0.4, -0.2) is 11.1 Å². The van der Waals surface area contributed by atoms with Gasteiger partial charge in [0.1, 0.15) is 0 Å². The SMILES string of the molecule is [C-]#[N+]/C(CC=C)=C(\C)C(=O)O. The fraction of sp³-hybridized carbons (Fsp3) is 0.250. The lowest BCUT2D eigenvalue weighted by Crippen LogP contribution is -1.98. The molecule has 0 radical (unpaired) electrons. The Morgan fingerprint density at radius 1 is 1.82 bits per heavy atom. The topological polar surface area (TPSA) is 41.7 Å². The molecule has 0 aromatic carbocycles. The Hall–Kier alpha value is -1.56. The van der Waals surface area contributed by atoms with Gasteiger partial charge in [0, 0.05) is 5.57 Å². The predicted octanol–water partition coefficient (Wildman–Crippen LogP) is 1.84. The molecule has 0 atom stereocenters. The summed E-state index contributed by atoms with van der Waals surface area (Å²) in [7, 11) is 0. The highest BCUT2D eigenvalue weighted by molar-refractivity contribution is 5.87. The summed E-state index contributed by atoms with van der Waals surface area (Å²) in [5.41, 5.74) is 0.340. The summed E-state index contributed by atoms with van der Waals surface area (Å²) < 4.78 is 0. The number of allylic oxidation sites excluding steroid dienone is 1. The molecular formula is C8H9NO2. The maximum Gasteiger partial charge on any atom is 0.320 e. The third-order valence-electron chi connectivity index (χ3n) is 1.23. The first-order valence-corrected chi connectivity index (χ1v) is 3.04. The van der Waals surface area contributed by atoms with E-state index in [1.54, 1.807) is 0 Å². The highest BCUT2D eigenvalue weighted by Crippen LogP contribution is 2.10. The van der Waals surface area contributed by atoms with E-state index in [4.69, 9.17) is 11.7 Å². The number of carbonyl (C=O) groups is 1. The Labute approximate surface area is 65.5 Å². The summed E-state index contributed by atoms with van der Waals surface area (Å²) in [4.78, 5) is 13.4. The van der Waals surface area contributed by atoms with Crippen molar-refractivity contribution in [2.45, 2.75) is 13.3 Å². The van der Waals surface area contributed by atoms with Gasteiger partial charge in [-0.1, -0.05) is 6.08 Å². The van der Waals surface area contributed by atoms with Crippen molar-refractivity contribution in [3.05, 3.63) is 35.3 Å². The number of hydrogen-bond donors (Lipinski definition) is 1. The highest BCUT2D eigenvalue weighted by Gasteiger charge is 2.06. The van der Waals surface area contributed by atoms with Gasteiger partial charge < -0.3 is 5.11 Å². The van der Waals surface area contributed by atoms with E-state index < -0.39 is 5.97 Å². The van der Waals surface area contributed by atoms with Crippen molar-refractivity contribution in [2.75, 3.05) is 0 Å². The molecule has 0 bridgehead atoms. The van der Waals surface area contributed by atoms with Crippen molar-refractivity contribution in [3.63, 3.8) is 0 Å². The minimum atomic E-state index is -1.04. The zero-order valence-electron chi connectivity index (χ0n) is 6.29. The number of nitrogens with zero attached hydrogens (tertiary/aromatic N) is 1. The van der Waals surface area contributed by atoms with E-state index in [1.165, 1.54) is 13.0 Å². The van der Waals surface area contributed by atoms with Crippen molar-refractivity contribution in [3.8, 4) is 0 Å². The van der Waals surface area contributed by atoms with Gasteiger partial charge in [-0.3, -0.25) is 0 Å². The summed E-state index contributed by atoms with van der Waals surface area (Å²) in [6, 6.07) is 0. The predicted molar refractivity (Wildman–Crippen MR) is 41.8 cm³/mol. The molecule has 0 amide bonds. The maximum atomic E-state index is 10.3. The van der Waals surface area contributed by atoms with E-state index in [9.17, 15) is 4.79 Å². The first-order chi connectivity index (χ1) is 5.13. The molecule has 58 valence electrons. The molecule has 0 aliphatic rings. The number of rotatable bonds is 3. The molecule has 0 spiro atoms. The number of aliphatic carboxylic acids is 1. The van der Waals surface area contributed by atoms with Crippen LogP contribution in [0.4, 0.5) is 0 Å². The van der Waals surface area contributed by atoms with Gasteiger partial charge in [0.2, 0.25) is 0 Å². The molecule has 3 heteroatoms. The first kappa shape index (κ1) is 9.44. The van der Waals surface area contributed by atoms with Crippen LogP contribution in [0.5, 0.6) is 0 Å². The minimum absolute atomic E-state index is 0.0971. The molecule has 1 N–H and O–H groups in total. The van der Waals surface area contributed by atoms with Crippen LogP contribution in [0.25, 0.3) is 4.85 Å². The molecule has 0 heterocycles. The quantitative estimate of drug-likeness (QED) is 0.380. The van der Waals surface area contributed by atoms with Crippen LogP contribution in [0.1, 0.15) is 13.3 Å². The standard InChI is InChI=1S/C8H9NO2/c1-4-5-7(9-3)6(2)8(10)11/h4H,1,5H2,2H3,(H,10,11)/b7-6+. The third kappa shape index (κ3) is 2.67. The zero-order valence-corrected chi connectivity index (χ0v) is 6.29. The minimum Gasteiger partial charge on any atom is -0.479 e. The fourth-order valence-corrected chi connectivity index (χ4v) is 0.543. The van der Waals surface area contributed by atoms with Crippen molar-refractivity contribution in [1.29, 1.82) is 0 Å². The van der Waals surface area contributed by atoms with Crippen LogP contribution >= 0.6 is 0 Å². The Kier molecular flexibility index (Phi) is 3.68. The third-order valence-corrected chi connectivity index (χ3v) is 1.23. The summed E-state index contributed by atoms with van der Waals surface area (Å²) in [6.07, 6.45) is 1.83. The monoisotopic (exact) mass is 151 g/mol. The van der Waals surface area contributed by atoms with Crippen LogP contribution in [0.2, 0.25) is 0 Å². The van der Waals surface area contributed by atoms with Crippen LogP contribution in [0.15, 0.2) is 23.9 Å². The van der Waals surface area contributed by atoms with E-state index in [2.05, 4.69) is 11.4 Å². The Bertz CT molecular complexity index is 245. The van der Waals surface area contributed by atoms with Crippen molar-refractivity contribution in [2.24, 2.45) is 0 Å². The molecular weight excluding hydrogens is 142 g/mol. The van der Waals surface area contributed by atoms with Gasteiger partial charge in [-0.05, 0) is 13.3 Å². The molecule has 0 saturated carbocycles. The number of carboxylic acid groups (broad SMARTS) is 1. The summed E-state index contributed by atoms with van der Waals surface area (Å²) >= 11 is 0. The number of carboxylic acids is 1. The van der Waals surface area contributed by atoms with E-state index >= 15 is 0 Å². The van der Waals surface area contributed by atoms with E-state index in [0.717, 1.165) is 0 Å².